The van der Waals surface area contributed by atoms with Crippen molar-refractivity contribution in [3.63, 3.8) is 0 Å². The van der Waals surface area contributed by atoms with Gasteiger partial charge in [0.1, 0.15) is 11.9 Å². The van der Waals surface area contributed by atoms with Crippen molar-refractivity contribution in [1.29, 1.82) is 0 Å². The van der Waals surface area contributed by atoms with Gasteiger partial charge in [-0.15, -0.1) is 0 Å². The molecule has 5 heteroatoms. The van der Waals surface area contributed by atoms with Crippen molar-refractivity contribution in [3.05, 3.63) is 36.4 Å². The molecule has 1 aliphatic heterocycles. The molecule has 5 nitrogen and oxygen atoms in total. The van der Waals surface area contributed by atoms with Crippen molar-refractivity contribution >= 4 is 11.7 Å². The van der Waals surface area contributed by atoms with E-state index in [0.29, 0.717) is 12.4 Å². The molecule has 1 aromatic heterocycles. The van der Waals surface area contributed by atoms with Gasteiger partial charge in [-0.3, -0.25) is 4.79 Å². The maximum Gasteiger partial charge on any atom is 0.254 e. The van der Waals surface area contributed by atoms with Gasteiger partial charge in [0, 0.05) is 24.3 Å². The van der Waals surface area contributed by atoms with E-state index >= 15 is 0 Å². The standard InChI is InChI=1S/C17H21N3O2/c1-12(2)20-16(18-17(21)15-9-6-10-22-15)11-14(19-20)13-7-4-3-5-8-13/h3-5,7-8,11-12,15H,6,9-10H2,1-2H3,(H,18,21)/t15-/m0/s1. The minimum absolute atomic E-state index is 0.0843. The number of nitrogens with one attached hydrogen (secondary N) is 1. The first-order valence-electron chi connectivity index (χ1n) is 7.72. The van der Waals surface area contributed by atoms with E-state index in [1.165, 1.54) is 0 Å². The third-order valence-corrected chi connectivity index (χ3v) is 3.77. The van der Waals surface area contributed by atoms with Crippen LogP contribution in [0.1, 0.15) is 32.7 Å². The van der Waals surface area contributed by atoms with Gasteiger partial charge in [-0.1, -0.05) is 30.3 Å². The summed E-state index contributed by atoms with van der Waals surface area (Å²) in [7, 11) is 0. The fourth-order valence-corrected chi connectivity index (χ4v) is 2.62. The number of hydrogen-bond acceptors (Lipinski definition) is 3. The van der Waals surface area contributed by atoms with Gasteiger partial charge in [0.2, 0.25) is 0 Å². The third kappa shape index (κ3) is 3.04. The molecule has 1 atom stereocenters. The molecule has 0 saturated carbocycles. The smallest absolute Gasteiger partial charge is 0.254 e. The van der Waals surface area contributed by atoms with Crippen LogP contribution in [0.4, 0.5) is 5.82 Å². The van der Waals surface area contributed by atoms with Crippen molar-refractivity contribution in [2.45, 2.75) is 38.8 Å². The maximum absolute atomic E-state index is 12.3. The van der Waals surface area contributed by atoms with Gasteiger partial charge >= 0.3 is 0 Å². The highest BCUT2D eigenvalue weighted by Gasteiger charge is 2.25. The van der Waals surface area contributed by atoms with Crippen LogP contribution in [0.2, 0.25) is 0 Å². The average molecular weight is 299 g/mol. The zero-order valence-corrected chi connectivity index (χ0v) is 13.0. The fraction of sp³-hybridized carbons (Fsp3) is 0.412. The third-order valence-electron chi connectivity index (χ3n) is 3.77. The van der Waals surface area contributed by atoms with E-state index in [2.05, 4.69) is 10.4 Å². The second-order valence-electron chi connectivity index (χ2n) is 5.81. The molecule has 116 valence electrons. The van der Waals surface area contributed by atoms with E-state index < -0.39 is 0 Å². The molecule has 0 unspecified atom stereocenters. The molecule has 0 spiro atoms. The Balaban J connectivity index is 1.86. The SMILES string of the molecule is CC(C)n1nc(-c2ccccc2)cc1NC(=O)[C@@H]1CCCO1. The van der Waals surface area contributed by atoms with E-state index in [1.54, 1.807) is 0 Å². The molecule has 2 aromatic rings. The van der Waals surface area contributed by atoms with Gasteiger partial charge in [-0.25, -0.2) is 4.68 Å². The second kappa shape index (κ2) is 6.32. The van der Waals surface area contributed by atoms with Crippen LogP contribution < -0.4 is 5.32 Å². The lowest BCUT2D eigenvalue weighted by atomic mass is 10.1. The molecule has 0 radical (unpaired) electrons. The Bertz CT molecular complexity index is 643. The molecule has 22 heavy (non-hydrogen) atoms. The fourth-order valence-electron chi connectivity index (χ4n) is 2.62. The largest absolute Gasteiger partial charge is 0.368 e. The molecule has 1 N–H and O–H groups in total. The van der Waals surface area contributed by atoms with Crippen LogP contribution in [0.5, 0.6) is 0 Å². The van der Waals surface area contributed by atoms with Gasteiger partial charge in [0.05, 0.1) is 5.69 Å². The molecule has 0 bridgehead atoms. The summed E-state index contributed by atoms with van der Waals surface area (Å²) in [6.45, 7) is 4.75. The first kappa shape index (κ1) is 14.8. The molecule has 2 heterocycles. The quantitative estimate of drug-likeness (QED) is 0.943. The topological polar surface area (TPSA) is 56.2 Å². The summed E-state index contributed by atoms with van der Waals surface area (Å²) in [6.07, 6.45) is 1.39. The Morgan fingerprint density at radius 3 is 2.77 bits per heavy atom. The molecule has 1 aromatic carbocycles. The number of hydrogen-bond donors (Lipinski definition) is 1. The summed E-state index contributed by atoms with van der Waals surface area (Å²) in [6, 6.07) is 12.0. The minimum Gasteiger partial charge on any atom is -0.368 e. The predicted molar refractivity (Wildman–Crippen MR) is 85.7 cm³/mol. The van der Waals surface area contributed by atoms with Gasteiger partial charge in [-0.05, 0) is 26.7 Å². The number of anilines is 1. The number of nitrogens with zero attached hydrogens (tertiary/aromatic N) is 2. The number of amides is 1. The van der Waals surface area contributed by atoms with Crippen molar-refractivity contribution < 1.29 is 9.53 Å². The van der Waals surface area contributed by atoms with Gasteiger partial charge < -0.3 is 10.1 Å². The monoisotopic (exact) mass is 299 g/mol. The highest BCUT2D eigenvalue weighted by atomic mass is 16.5. The highest BCUT2D eigenvalue weighted by molar-refractivity contribution is 5.94. The lowest BCUT2D eigenvalue weighted by Gasteiger charge is -2.14. The van der Waals surface area contributed by atoms with Crippen LogP contribution in [0.15, 0.2) is 36.4 Å². The predicted octanol–water partition coefficient (Wildman–Crippen LogP) is 3.25. The molecular weight excluding hydrogens is 278 g/mol. The summed E-state index contributed by atoms with van der Waals surface area (Å²) in [5.74, 6) is 0.633. The molecule has 1 fully saturated rings. The first-order chi connectivity index (χ1) is 10.6. The van der Waals surface area contributed by atoms with Gasteiger partial charge in [-0.2, -0.15) is 5.10 Å². The Morgan fingerprint density at radius 2 is 2.14 bits per heavy atom. The summed E-state index contributed by atoms with van der Waals surface area (Å²) in [5.41, 5.74) is 1.89. The Morgan fingerprint density at radius 1 is 1.36 bits per heavy atom. The van der Waals surface area contributed by atoms with E-state index in [4.69, 9.17) is 4.74 Å². The molecule has 0 aliphatic carbocycles. The van der Waals surface area contributed by atoms with Crippen LogP contribution in [-0.4, -0.2) is 28.4 Å². The average Bonchev–Trinajstić information content (AvgIpc) is 3.17. The van der Waals surface area contributed by atoms with E-state index in [1.807, 2.05) is 54.9 Å². The van der Waals surface area contributed by atoms with Gasteiger partial charge in [0.15, 0.2) is 0 Å². The summed E-state index contributed by atoms with van der Waals surface area (Å²) in [4.78, 5) is 12.3. The maximum atomic E-state index is 12.3. The number of benzene rings is 1. The number of carbonyl (C=O) groups is 1. The lowest BCUT2D eigenvalue weighted by molar-refractivity contribution is -0.124. The molecule has 1 amide bonds. The number of carbonyl (C=O) groups excluding carboxylic acids is 1. The van der Waals surface area contributed by atoms with Crippen LogP contribution in [0.25, 0.3) is 11.3 Å². The highest BCUT2D eigenvalue weighted by Crippen LogP contribution is 2.25. The van der Waals surface area contributed by atoms with Crippen LogP contribution >= 0.6 is 0 Å². The second-order valence-corrected chi connectivity index (χ2v) is 5.81. The molecule has 1 aliphatic rings. The zero-order chi connectivity index (χ0) is 15.5. The van der Waals surface area contributed by atoms with Crippen molar-refractivity contribution in [2.75, 3.05) is 11.9 Å². The van der Waals surface area contributed by atoms with Crippen molar-refractivity contribution in [1.82, 2.24) is 9.78 Å². The number of ether oxygens (including phenoxy) is 1. The Hall–Kier alpha value is -2.14. The lowest BCUT2D eigenvalue weighted by Crippen LogP contribution is -2.28. The van der Waals surface area contributed by atoms with Gasteiger partial charge in [0.25, 0.3) is 5.91 Å². The zero-order valence-electron chi connectivity index (χ0n) is 13.0. The van der Waals surface area contributed by atoms with E-state index in [-0.39, 0.29) is 18.1 Å². The number of aromatic nitrogens is 2. The van der Waals surface area contributed by atoms with Crippen LogP contribution in [-0.2, 0) is 9.53 Å². The van der Waals surface area contributed by atoms with Crippen LogP contribution in [0.3, 0.4) is 0 Å². The summed E-state index contributed by atoms with van der Waals surface area (Å²) < 4.78 is 7.28. The van der Waals surface area contributed by atoms with E-state index in [0.717, 1.165) is 24.1 Å². The van der Waals surface area contributed by atoms with Crippen molar-refractivity contribution in [3.8, 4) is 11.3 Å². The van der Waals surface area contributed by atoms with Crippen LogP contribution in [0, 0.1) is 0 Å². The minimum atomic E-state index is -0.337. The van der Waals surface area contributed by atoms with Crippen molar-refractivity contribution in [2.24, 2.45) is 0 Å². The number of rotatable bonds is 4. The van der Waals surface area contributed by atoms with E-state index in [9.17, 15) is 4.79 Å². The first-order valence-corrected chi connectivity index (χ1v) is 7.72. The Labute approximate surface area is 130 Å². The molecule has 1 saturated heterocycles. The Kier molecular flexibility index (Phi) is 4.24. The summed E-state index contributed by atoms with van der Waals surface area (Å²) in [5, 5.41) is 7.58. The molecular formula is C17H21N3O2. The summed E-state index contributed by atoms with van der Waals surface area (Å²) >= 11 is 0. The molecule has 3 rings (SSSR count). The normalized spacial score (nSPS) is 17.9.